The number of benzene rings is 1. The van der Waals surface area contributed by atoms with Gasteiger partial charge in [0, 0.05) is 19.7 Å². The van der Waals surface area contributed by atoms with Crippen molar-refractivity contribution < 1.29 is 19.8 Å². The lowest BCUT2D eigenvalue weighted by Crippen LogP contribution is -2.36. The molecule has 1 aromatic rings. The zero-order valence-electron chi connectivity index (χ0n) is 12.6. The smallest absolute Gasteiger partial charge is 0.337 e. The normalized spacial score (nSPS) is 10.3. The number of anilines is 1. The van der Waals surface area contributed by atoms with Crippen LogP contribution in [0.4, 0.5) is 10.5 Å². The fourth-order valence-corrected chi connectivity index (χ4v) is 2.15. The number of aryl methyl sites for hydroxylation is 2. The molecule has 0 bridgehead atoms. The maximum atomic E-state index is 12.2. The summed E-state index contributed by atoms with van der Waals surface area (Å²) in [6.07, 6.45) is 0.486. The number of nitrogens with zero attached hydrogens (tertiary/aromatic N) is 1. The monoisotopic (exact) mass is 294 g/mol. The highest BCUT2D eigenvalue weighted by Crippen LogP contribution is 2.23. The zero-order chi connectivity index (χ0) is 16.0. The molecule has 3 N–H and O–H groups in total. The van der Waals surface area contributed by atoms with Crippen LogP contribution in [-0.4, -0.2) is 46.8 Å². The van der Waals surface area contributed by atoms with E-state index in [1.165, 1.54) is 11.0 Å². The number of hydrogen-bond acceptors (Lipinski definition) is 3. The highest BCUT2D eigenvalue weighted by molar-refractivity contribution is 6.01. The molecule has 0 atom stereocenters. The Labute approximate surface area is 124 Å². The molecule has 0 unspecified atom stereocenters. The van der Waals surface area contributed by atoms with Gasteiger partial charge in [0.05, 0.1) is 11.3 Å². The minimum atomic E-state index is -1.07. The highest BCUT2D eigenvalue weighted by atomic mass is 16.4. The summed E-state index contributed by atoms with van der Waals surface area (Å²) in [5.74, 6) is -1.07. The maximum absolute atomic E-state index is 12.2. The standard InChI is InChI=1S/C15H22N2O4/c1-4-17(6-5-7-18)15(21)16-13-11(3)8-10(2)9-12(13)14(19)20/h8-9,18H,4-7H2,1-3H3,(H,16,21)(H,19,20). The molecule has 1 rings (SSSR count). The summed E-state index contributed by atoms with van der Waals surface area (Å²) in [6.45, 7) is 6.32. The third kappa shape index (κ3) is 4.46. The lowest BCUT2D eigenvalue weighted by Gasteiger charge is -2.22. The quantitative estimate of drug-likeness (QED) is 0.750. The number of carbonyl (C=O) groups is 2. The van der Waals surface area contributed by atoms with Crippen molar-refractivity contribution in [2.24, 2.45) is 0 Å². The first kappa shape index (κ1) is 17.0. The first-order valence-corrected chi connectivity index (χ1v) is 6.92. The van der Waals surface area contributed by atoms with Crippen molar-refractivity contribution in [3.8, 4) is 0 Å². The zero-order valence-corrected chi connectivity index (χ0v) is 12.6. The van der Waals surface area contributed by atoms with Crippen molar-refractivity contribution in [2.75, 3.05) is 25.0 Å². The van der Waals surface area contributed by atoms with Crippen molar-refractivity contribution >= 4 is 17.7 Å². The third-order valence-electron chi connectivity index (χ3n) is 3.20. The molecule has 0 aliphatic heterocycles. The van der Waals surface area contributed by atoms with Gasteiger partial charge in [-0.05, 0) is 44.4 Å². The van der Waals surface area contributed by atoms with E-state index in [1.807, 2.05) is 19.9 Å². The van der Waals surface area contributed by atoms with Gasteiger partial charge in [-0.2, -0.15) is 0 Å². The molecule has 0 aromatic heterocycles. The number of aliphatic hydroxyl groups excluding tert-OH is 1. The maximum Gasteiger partial charge on any atom is 0.337 e. The fourth-order valence-electron chi connectivity index (χ4n) is 2.15. The Morgan fingerprint density at radius 2 is 1.95 bits per heavy atom. The van der Waals surface area contributed by atoms with E-state index < -0.39 is 5.97 Å². The van der Waals surface area contributed by atoms with Crippen LogP contribution < -0.4 is 5.32 Å². The molecule has 116 valence electrons. The minimum absolute atomic E-state index is 0.00765. The van der Waals surface area contributed by atoms with Crippen LogP contribution >= 0.6 is 0 Å². The third-order valence-corrected chi connectivity index (χ3v) is 3.20. The summed E-state index contributed by atoms with van der Waals surface area (Å²) in [7, 11) is 0. The Hall–Kier alpha value is -2.08. The van der Waals surface area contributed by atoms with Gasteiger partial charge in [0.2, 0.25) is 0 Å². The van der Waals surface area contributed by atoms with Crippen molar-refractivity contribution in [2.45, 2.75) is 27.2 Å². The number of hydrogen-bond donors (Lipinski definition) is 3. The average molecular weight is 294 g/mol. The Bertz CT molecular complexity index is 529. The Morgan fingerprint density at radius 1 is 1.29 bits per heavy atom. The molecule has 0 saturated heterocycles. The van der Waals surface area contributed by atoms with Gasteiger partial charge in [-0.3, -0.25) is 0 Å². The van der Waals surface area contributed by atoms with Crippen LogP contribution in [0.25, 0.3) is 0 Å². The molecule has 0 spiro atoms. The van der Waals surface area contributed by atoms with Crippen LogP contribution in [0.15, 0.2) is 12.1 Å². The van der Waals surface area contributed by atoms with E-state index in [4.69, 9.17) is 5.11 Å². The van der Waals surface area contributed by atoms with Crippen LogP contribution in [0.2, 0.25) is 0 Å². The topological polar surface area (TPSA) is 89.9 Å². The predicted molar refractivity (Wildman–Crippen MR) is 80.8 cm³/mol. The largest absolute Gasteiger partial charge is 0.478 e. The van der Waals surface area contributed by atoms with Crippen molar-refractivity contribution in [3.05, 3.63) is 28.8 Å². The summed E-state index contributed by atoms with van der Waals surface area (Å²) < 4.78 is 0. The average Bonchev–Trinajstić information content (AvgIpc) is 2.42. The van der Waals surface area contributed by atoms with E-state index in [1.54, 1.807) is 6.92 Å². The first-order valence-electron chi connectivity index (χ1n) is 6.92. The molecule has 0 saturated carbocycles. The summed E-state index contributed by atoms with van der Waals surface area (Å²) in [5.41, 5.74) is 1.94. The number of aliphatic hydroxyl groups is 1. The summed E-state index contributed by atoms with van der Waals surface area (Å²) >= 11 is 0. The second kappa shape index (κ2) is 7.64. The van der Waals surface area contributed by atoms with E-state index in [-0.39, 0.29) is 18.2 Å². The second-order valence-corrected chi connectivity index (χ2v) is 4.90. The summed E-state index contributed by atoms with van der Waals surface area (Å²) in [4.78, 5) is 25.1. The molecule has 6 nitrogen and oxygen atoms in total. The molecule has 6 heteroatoms. The highest BCUT2D eigenvalue weighted by Gasteiger charge is 2.18. The Kier molecular flexibility index (Phi) is 6.17. The number of carboxylic acid groups (broad SMARTS) is 1. The van der Waals surface area contributed by atoms with Gasteiger partial charge in [-0.25, -0.2) is 9.59 Å². The van der Waals surface area contributed by atoms with Crippen LogP contribution in [0.3, 0.4) is 0 Å². The van der Waals surface area contributed by atoms with Gasteiger partial charge in [0.1, 0.15) is 0 Å². The van der Waals surface area contributed by atoms with Crippen LogP contribution in [0, 0.1) is 13.8 Å². The molecule has 2 amide bonds. The minimum Gasteiger partial charge on any atom is -0.478 e. The Morgan fingerprint density at radius 3 is 2.48 bits per heavy atom. The van der Waals surface area contributed by atoms with Gasteiger partial charge >= 0.3 is 12.0 Å². The van der Waals surface area contributed by atoms with E-state index in [2.05, 4.69) is 5.32 Å². The van der Waals surface area contributed by atoms with Crippen molar-refractivity contribution in [3.63, 3.8) is 0 Å². The predicted octanol–water partition coefficient (Wildman–Crippen LogP) is 2.24. The molecule has 0 radical (unpaired) electrons. The van der Waals surface area contributed by atoms with Crippen molar-refractivity contribution in [1.82, 2.24) is 4.90 Å². The first-order chi connectivity index (χ1) is 9.90. The molecule has 21 heavy (non-hydrogen) atoms. The number of rotatable bonds is 6. The number of nitrogens with one attached hydrogen (secondary N) is 1. The lowest BCUT2D eigenvalue weighted by atomic mass is 10.0. The fraction of sp³-hybridized carbons (Fsp3) is 0.467. The van der Waals surface area contributed by atoms with Crippen LogP contribution in [0.5, 0.6) is 0 Å². The van der Waals surface area contributed by atoms with Gasteiger partial charge in [0.25, 0.3) is 0 Å². The molecular weight excluding hydrogens is 272 g/mol. The number of carbonyl (C=O) groups excluding carboxylic acids is 1. The van der Waals surface area contributed by atoms with E-state index in [0.29, 0.717) is 30.8 Å². The number of carboxylic acids is 1. The number of urea groups is 1. The number of aromatic carboxylic acids is 1. The van der Waals surface area contributed by atoms with E-state index in [9.17, 15) is 14.7 Å². The van der Waals surface area contributed by atoms with Gasteiger partial charge in [-0.1, -0.05) is 6.07 Å². The van der Waals surface area contributed by atoms with Gasteiger partial charge < -0.3 is 20.4 Å². The van der Waals surface area contributed by atoms with Crippen molar-refractivity contribution in [1.29, 1.82) is 0 Å². The van der Waals surface area contributed by atoms with Crippen LogP contribution in [-0.2, 0) is 0 Å². The molecule has 0 heterocycles. The van der Waals surface area contributed by atoms with Crippen LogP contribution in [0.1, 0.15) is 34.8 Å². The Balaban J connectivity index is 3.01. The lowest BCUT2D eigenvalue weighted by molar-refractivity contribution is 0.0698. The molecule has 0 fully saturated rings. The molecule has 1 aromatic carbocycles. The number of amides is 2. The molecule has 0 aliphatic rings. The molecular formula is C15H22N2O4. The van der Waals surface area contributed by atoms with Gasteiger partial charge in [-0.15, -0.1) is 0 Å². The summed E-state index contributed by atoms with van der Waals surface area (Å²) in [5, 5.41) is 20.8. The summed E-state index contributed by atoms with van der Waals surface area (Å²) in [6, 6.07) is 3.00. The second-order valence-electron chi connectivity index (χ2n) is 4.90. The van der Waals surface area contributed by atoms with Gasteiger partial charge in [0.15, 0.2) is 0 Å². The molecule has 0 aliphatic carbocycles. The van der Waals surface area contributed by atoms with E-state index >= 15 is 0 Å². The van der Waals surface area contributed by atoms with E-state index in [0.717, 1.165) is 5.56 Å². The SMILES string of the molecule is CCN(CCCO)C(=O)Nc1c(C)cc(C)cc1C(=O)O.